The highest BCUT2D eigenvalue weighted by Gasteiger charge is 2.07. The number of aromatic nitrogens is 4. The van der Waals surface area contributed by atoms with Gasteiger partial charge in [-0.05, 0) is 11.6 Å². The van der Waals surface area contributed by atoms with E-state index in [-0.39, 0.29) is 12.5 Å². The Hall–Kier alpha value is -2.28. The zero-order chi connectivity index (χ0) is 13.0. The molecule has 2 aromatic heterocycles. The number of nitrogens with two attached hydrogens (primary N) is 1. The van der Waals surface area contributed by atoms with Crippen molar-refractivity contribution in [1.29, 1.82) is 0 Å². The molecule has 0 saturated heterocycles. The molecule has 0 atom stereocenters. The highest BCUT2D eigenvalue weighted by Crippen LogP contribution is 1.99. The first-order valence-corrected chi connectivity index (χ1v) is 5.47. The lowest BCUT2D eigenvalue weighted by molar-refractivity contribution is 0.0945. The van der Waals surface area contributed by atoms with Crippen molar-refractivity contribution in [3.8, 4) is 0 Å². The first-order valence-electron chi connectivity index (χ1n) is 5.47. The van der Waals surface area contributed by atoms with Gasteiger partial charge in [-0.15, -0.1) is 0 Å². The molecule has 0 aliphatic rings. The summed E-state index contributed by atoms with van der Waals surface area (Å²) in [7, 11) is 1.77. The zero-order valence-electron chi connectivity index (χ0n) is 10.00. The summed E-state index contributed by atoms with van der Waals surface area (Å²) < 4.78 is 1.58. The van der Waals surface area contributed by atoms with E-state index >= 15 is 0 Å². The molecule has 0 aliphatic heterocycles. The maximum absolute atomic E-state index is 11.8. The SMILES string of the molecule is Cn1cnc(CNC(=O)c2ccc(CN)cn2)n1. The van der Waals surface area contributed by atoms with Gasteiger partial charge < -0.3 is 11.1 Å². The van der Waals surface area contributed by atoms with E-state index in [1.807, 2.05) is 0 Å². The minimum Gasteiger partial charge on any atom is -0.343 e. The Bertz CT molecular complexity index is 533. The minimum absolute atomic E-state index is 0.258. The molecule has 1 amide bonds. The van der Waals surface area contributed by atoms with E-state index in [0.29, 0.717) is 18.1 Å². The summed E-state index contributed by atoms with van der Waals surface area (Å²) in [4.78, 5) is 19.8. The fraction of sp³-hybridized carbons (Fsp3) is 0.273. The Balaban J connectivity index is 1.94. The van der Waals surface area contributed by atoms with Crippen LogP contribution in [0.15, 0.2) is 24.7 Å². The Kier molecular flexibility index (Phi) is 3.63. The van der Waals surface area contributed by atoms with Gasteiger partial charge in [-0.1, -0.05) is 6.07 Å². The van der Waals surface area contributed by atoms with Gasteiger partial charge in [-0.2, -0.15) is 5.10 Å². The van der Waals surface area contributed by atoms with Crippen molar-refractivity contribution in [2.24, 2.45) is 12.8 Å². The maximum atomic E-state index is 11.8. The Morgan fingerprint density at radius 3 is 2.83 bits per heavy atom. The summed E-state index contributed by atoms with van der Waals surface area (Å²) in [6, 6.07) is 3.42. The molecule has 94 valence electrons. The number of hydrogen-bond donors (Lipinski definition) is 2. The lowest BCUT2D eigenvalue weighted by atomic mass is 10.2. The third-order valence-corrected chi connectivity index (χ3v) is 2.35. The van der Waals surface area contributed by atoms with E-state index in [1.165, 1.54) is 0 Å². The minimum atomic E-state index is -0.258. The quantitative estimate of drug-likeness (QED) is 0.764. The topological polar surface area (TPSA) is 98.7 Å². The number of carbonyl (C=O) groups excluding carboxylic acids is 1. The van der Waals surface area contributed by atoms with Gasteiger partial charge in [0.05, 0.1) is 6.54 Å². The monoisotopic (exact) mass is 246 g/mol. The molecular weight excluding hydrogens is 232 g/mol. The Labute approximate surface area is 104 Å². The largest absolute Gasteiger partial charge is 0.343 e. The van der Waals surface area contributed by atoms with Crippen LogP contribution in [0.25, 0.3) is 0 Å². The van der Waals surface area contributed by atoms with Gasteiger partial charge in [0.1, 0.15) is 12.0 Å². The van der Waals surface area contributed by atoms with Crippen molar-refractivity contribution in [2.75, 3.05) is 0 Å². The van der Waals surface area contributed by atoms with Crippen LogP contribution >= 0.6 is 0 Å². The van der Waals surface area contributed by atoms with E-state index in [4.69, 9.17) is 5.73 Å². The highest BCUT2D eigenvalue weighted by atomic mass is 16.1. The number of carbonyl (C=O) groups is 1. The van der Waals surface area contributed by atoms with Crippen LogP contribution in [0.1, 0.15) is 21.9 Å². The van der Waals surface area contributed by atoms with Gasteiger partial charge in [-0.3, -0.25) is 14.5 Å². The van der Waals surface area contributed by atoms with Crippen LogP contribution in [0.2, 0.25) is 0 Å². The van der Waals surface area contributed by atoms with Crippen LogP contribution in [-0.2, 0) is 20.1 Å². The van der Waals surface area contributed by atoms with Crippen LogP contribution in [0.5, 0.6) is 0 Å². The number of rotatable bonds is 4. The third kappa shape index (κ3) is 2.89. The van der Waals surface area contributed by atoms with Crippen molar-refractivity contribution >= 4 is 5.91 Å². The summed E-state index contributed by atoms with van der Waals surface area (Å²) in [6.07, 6.45) is 3.17. The molecule has 7 nitrogen and oxygen atoms in total. The fourth-order valence-corrected chi connectivity index (χ4v) is 1.39. The van der Waals surface area contributed by atoms with E-state index in [0.717, 1.165) is 5.56 Å². The van der Waals surface area contributed by atoms with Crippen molar-refractivity contribution in [3.63, 3.8) is 0 Å². The molecule has 0 saturated carbocycles. The van der Waals surface area contributed by atoms with Crippen LogP contribution in [-0.4, -0.2) is 25.7 Å². The second-order valence-corrected chi connectivity index (χ2v) is 3.77. The number of pyridine rings is 1. The standard InChI is InChI=1S/C11H14N6O/c1-17-7-15-10(16-17)6-14-11(18)9-3-2-8(4-12)5-13-9/h2-3,5,7H,4,6,12H2,1H3,(H,14,18). The van der Waals surface area contributed by atoms with Crippen LogP contribution in [0, 0.1) is 0 Å². The molecule has 2 rings (SSSR count). The lowest BCUT2D eigenvalue weighted by Gasteiger charge is -2.02. The average Bonchev–Trinajstić information content (AvgIpc) is 2.82. The molecule has 7 heteroatoms. The maximum Gasteiger partial charge on any atom is 0.270 e. The predicted molar refractivity (Wildman–Crippen MR) is 64.3 cm³/mol. The van der Waals surface area contributed by atoms with Crippen molar-refractivity contribution in [1.82, 2.24) is 25.1 Å². The van der Waals surface area contributed by atoms with Gasteiger partial charge in [-0.25, -0.2) is 4.98 Å². The summed E-state index contributed by atoms with van der Waals surface area (Å²) in [6.45, 7) is 0.687. The molecule has 0 radical (unpaired) electrons. The molecule has 0 aromatic carbocycles. The molecule has 2 heterocycles. The van der Waals surface area contributed by atoms with Crippen molar-refractivity contribution in [2.45, 2.75) is 13.1 Å². The molecule has 3 N–H and O–H groups in total. The number of hydrogen-bond acceptors (Lipinski definition) is 5. The third-order valence-electron chi connectivity index (χ3n) is 2.35. The summed E-state index contributed by atoms with van der Waals surface area (Å²) >= 11 is 0. The first kappa shape index (κ1) is 12.2. The van der Waals surface area contributed by atoms with Crippen molar-refractivity contribution < 1.29 is 4.79 Å². The zero-order valence-corrected chi connectivity index (χ0v) is 10.00. The molecular formula is C11H14N6O. The highest BCUT2D eigenvalue weighted by molar-refractivity contribution is 5.92. The van der Waals surface area contributed by atoms with E-state index in [1.54, 1.807) is 36.4 Å². The second kappa shape index (κ2) is 5.37. The predicted octanol–water partition coefficient (Wildman–Crippen LogP) is -0.401. The van der Waals surface area contributed by atoms with Crippen LogP contribution < -0.4 is 11.1 Å². The molecule has 0 unspecified atom stereocenters. The van der Waals surface area contributed by atoms with E-state index < -0.39 is 0 Å². The van der Waals surface area contributed by atoms with Gasteiger partial charge in [0.15, 0.2) is 5.82 Å². The molecule has 18 heavy (non-hydrogen) atoms. The van der Waals surface area contributed by atoms with Crippen LogP contribution in [0.3, 0.4) is 0 Å². The van der Waals surface area contributed by atoms with Gasteiger partial charge in [0.25, 0.3) is 5.91 Å². The second-order valence-electron chi connectivity index (χ2n) is 3.77. The molecule has 0 fully saturated rings. The van der Waals surface area contributed by atoms with E-state index in [2.05, 4.69) is 20.4 Å². The Morgan fingerprint density at radius 2 is 2.28 bits per heavy atom. The number of amides is 1. The van der Waals surface area contributed by atoms with Gasteiger partial charge in [0.2, 0.25) is 0 Å². The molecule has 2 aromatic rings. The lowest BCUT2D eigenvalue weighted by Crippen LogP contribution is -2.24. The van der Waals surface area contributed by atoms with Crippen molar-refractivity contribution in [3.05, 3.63) is 41.7 Å². The number of nitrogens with zero attached hydrogens (tertiary/aromatic N) is 4. The first-order chi connectivity index (χ1) is 8.69. The number of aryl methyl sites for hydroxylation is 1. The molecule has 0 aliphatic carbocycles. The number of nitrogens with one attached hydrogen (secondary N) is 1. The molecule has 0 spiro atoms. The van der Waals surface area contributed by atoms with E-state index in [9.17, 15) is 4.79 Å². The average molecular weight is 246 g/mol. The molecule has 0 bridgehead atoms. The van der Waals surface area contributed by atoms with Gasteiger partial charge in [0, 0.05) is 19.8 Å². The van der Waals surface area contributed by atoms with Gasteiger partial charge >= 0.3 is 0 Å². The fourth-order valence-electron chi connectivity index (χ4n) is 1.39. The Morgan fingerprint density at radius 1 is 1.44 bits per heavy atom. The summed E-state index contributed by atoms with van der Waals surface area (Å²) in [5.74, 6) is 0.301. The summed E-state index contributed by atoms with van der Waals surface area (Å²) in [5, 5.41) is 6.75. The normalized spacial score (nSPS) is 10.3. The smallest absolute Gasteiger partial charge is 0.270 e. The van der Waals surface area contributed by atoms with Crippen LogP contribution in [0.4, 0.5) is 0 Å². The summed E-state index contributed by atoms with van der Waals surface area (Å²) in [5.41, 5.74) is 6.69.